The van der Waals surface area contributed by atoms with Gasteiger partial charge in [-0.15, -0.1) is 0 Å². The van der Waals surface area contributed by atoms with E-state index in [4.69, 9.17) is 0 Å². The average molecular weight is 234 g/mol. The topological polar surface area (TPSA) is 0 Å². The molecule has 0 saturated carbocycles. The molecule has 8 heavy (non-hydrogen) atoms. The van der Waals surface area contributed by atoms with Gasteiger partial charge >= 0.3 is 61.7 Å². The van der Waals surface area contributed by atoms with Crippen molar-refractivity contribution < 1.29 is 0 Å². The van der Waals surface area contributed by atoms with E-state index in [-0.39, 0.29) is 0 Å². The molecule has 0 N–H and O–H groups in total. The fraction of sp³-hybridized carbons (Fsp3) is 1.00. The van der Waals surface area contributed by atoms with Crippen molar-refractivity contribution in [1.29, 1.82) is 0 Å². The molecule has 0 radical (unpaired) electrons. The summed E-state index contributed by atoms with van der Waals surface area (Å²) < 4.78 is 5.08. The molecule has 2 heteroatoms. The van der Waals surface area contributed by atoms with Crippen LogP contribution in [0.5, 0.6) is 0 Å². The Hall–Kier alpha value is 1.30. The minimum absolute atomic E-state index is 0.595. The summed E-state index contributed by atoms with van der Waals surface area (Å²) >= 11 is -0.817. The van der Waals surface area contributed by atoms with Crippen LogP contribution in [0, 0.1) is 0 Å². The summed E-state index contributed by atoms with van der Waals surface area (Å²) in [6.07, 6.45) is 3.00. The predicted molar refractivity (Wildman–Crippen MR) is 45.5 cm³/mol. The normalized spacial score (nSPS) is 10.1. The molecule has 0 aromatic heterocycles. The van der Waals surface area contributed by atoms with E-state index in [1.807, 2.05) is 0 Å². The molecule has 0 nitrogen and oxygen atoms in total. The zero-order chi connectivity index (χ0) is 6.57. The number of hydrogen-bond acceptors (Lipinski definition) is 0. The van der Waals surface area contributed by atoms with Gasteiger partial charge in [0.2, 0.25) is 0 Å². The molecule has 0 aliphatic carbocycles. The Bertz CT molecular complexity index is 50.5. The van der Waals surface area contributed by atoms with Crippen LogP contribution in [0.2, 0.25) is 9.36 Å². The first-order chi connectivity index (χ1) is 3.72. The fourth-order valence-electron chi connectivity index (χ4n) is 0.954. The molecule has 0 fully saturated rings. The van der Waals surface area contributed by atoms with Gasteiger partial charge < -0.3 is 0 Å². The van der Waals surface area contributed by atoms with Crippen molar-refractivity contribution in [3.63, 3.8) is 0 Å². The maximum absolute atomic E-state index is 2.54. The van der Waals surface area contributed by atoms with Gasteiger partial charge in [-0.1, -0.05) is 0 Å². The molecule has 48 valence electrons. The van der Waals surface area contributed by atoms with Gasteiger partial charge in [-0.25, -0.2) is 0 Å². The molecule has 0 aromatic carbocycles. The van der Waals surface area contributed by atoms with E-state index in [0.717, 1.165) is 0 Å². The van der Waals surface area contributed by atoms with E-state index >= 15 is 0 Å². The Kier molecular flexibility index (Phi) is 5.95. The monoisotopic (exact) mass is 234 g/mol. The van der Waals surface area contributed by atoms with Crippen LogP contribution in [0.15, 0.2) is 0 Å². The summed E-state index contributed by atoms with van der Waals surface area (Å²) in [4.78, 5) is 0. The Morgan fingerprint density at radius 3 is 1.50 bits per heavy atom. The summed E-state index contributed by atoms with van der Waals surface area (Å²) in [5.74, 6) is 0. The van der Waals surface area contributed by atoms with Crippen molar-refractivity contribution in [3.05, 3.63) is 0 Å². The predicted octanol–water partition coefficient (Wildman–Crippen LogP) is 2.76. The Morgan fingerprint density at radius 2 is 1.50 bits per heavy atom. The summed E-state index contributed by atoms with van der Waals surface area (Å²) in [5.41, 5.74) is 0. The van der Waals surface area contributed by atoms with Gasteiger partial charge in [-0.05, 0) is 0 Å². The molecule has 0 bridgehead atoms. The zero-order valence-electron chi connectivity index (χ0n) is 6.44. The first-order valence-electron chi connectivity index (χ1n) is 3.46. The summed E-state index contributed by atoms with van der Waals surface area (Å²) in [5, 5.41) is 0.595. The molecule has 0 aliphatic heterocycles. The van der Waals surface area contributed by atoms with Crippen molar-refractivity contribution in [1.82, 2.24) is 0 Å². The second kappa shape index (κ2) is 5.11. The van der Waals surface area contributed by atoms with Crippen molar-refractivity contribution in [2.75, 3.05) is 12.3 Å². The summed E-state index contributed by atoms with van der Waals surface area (Å²) in [6, 6.07) is 0. The summed E-state index contributed by atoms with van der Waals surface area (Å²) in [7, 11) is 0. The quantitative estimate of drug-likeness (QED) is 0.658. The molecule has 0 rings (SSSR count). The van der Waals surface area contributed by atoms with Crippen molar-refractivity contribution in [3.8, 4) is 0 Å². The third-order valence-corrected chi connectivity index (χ3v) is 23.4. The van der Waals surface area contributed by atoms with Gasteiger partial charge in [0.1, 0.15) is 0 Å². The van der Waals surface area contributed by atoms with Crippen LogP contribution in [-0.4, -0.2) is 33.2 Å². The SMILES string of the molecule is CC[P](CC)[In]([CH3])[CH3]. The van der Waals surface area contributed by atoms with Crippen molar-refractivity contribution in [2.45, 2.75) is 23.2 Å². The molecule has 0 aromatic rings. The minimum atomic E-state index is -0.817. The first kappa shape index (κ1) is 9.30. The van der Waals surface area contributed by atoms with Gasteiger partial charge in [0.25, 0.3) is 0 Å². The van der Waals surface area contributed by atoms with Gasteiger partial charge in [0.15, 0.2) is 0 Å². The third-order valence-electron chi connectivity index (χ3n) is 1.54. The van der Waals surface area contributed by atoms with Crippen molar-refractivity contribution in [2.24, 2.45) is 0 Å². The number of rotatable bonds is 3. The van der Waals surface area contributed by atoms with Gasteiger partial charge in [0.05, 0.1) is 0 Å². The Balaban J connectivity index is 3.35. The Labute approximate surface area is 61.6 Å². The van der Waals surface area contributed by atoms with Gasteiger partial charge in [0, 0.05) is 0 Å². The average Bonchev–Trinajstić information content (AvgIpc) is 1.69. The van der Waals surface area contributed by atoms with Gasteiger partial charge in [-0.3, -0.25) is 0 Å². The van der Waals surface area contributed by atoms with Crippen LogP contribution < -0.4 is 0 Å². The standard InChI is InChI=1S/C4H10P.2CH3.In/c1-3-5-4-2;;;/h3-4H2,1-2H3;2*1H3;/q-1;;;+1. The molecule has 0 atom stereocenters. The molecule has 0 unspecified atom stereocenters. The Morgan fingerprint density at radius 1 is 1.12 bits per heavy atom. The first-order valence-corrected chi connectivity index (χ1v) is 16.3. The molecular weight excluding hydrogens is 218 g/mol. The van der Waals surface area contributed by atoms with Crippen LogP contribution in [-0.2, 0) is 0 Å². The van der Waals surface area contributed by atoms with E-state index in [9.17, 15) is 0 Å². The molecule has 0 spiro atoms. The molecule has 0 saturated heterocycles. The molecule has 0 amide bonds. The summed E-state index contributed by atoms with van der Waals surface area (Å²) in [6.45, 7) is 4.71. The molecule has 0 heterocycles. The van der Waals surface area contributed by atoms with E-state index in [1.54, 1.807) is 0 Å². The van der Waals surface area contributed by atoms with Crippen LogP contribution in [0.4, 0.5) is 0 Å². The van der Waals surface area contributed by atoms with Crippen molar-refractivity contribution >= 4 is 26.1 Å². The van der Waals surface area contributed by atoms with Crippen LogP contribution >= 0.6 is 5.27 Å². The molecule has 0 aliphatic rings. The van der Waals surface area contributed by atoms with Crippen LogP contribution in [0.3, 0.4) is 0 Å². The van der Waals surface area contributed by atoms with E-state index in [1.165, 1.54) is 12.3 Å². The second-order valence-electron chi connectivity index (χ2n) is 2.31. The maximum atomic E-state index is 2.54. The van der Waals surface area contributed by atoms with Crippen LogP contribution in [0.1, 0.15) is 13.8 Å². The van der Waals surface area contributed by atoms with E-state index in [0.29, 0.717) is 5.27 Å². The zero-order valence-corrected chi connectivity index (χ0v) is 10.6. The van der Waals surface area contributed by atoms with Gasteiger partial charge in [-0.2, -0.15) is 0 Å². The van der Waals surface area contributed by atoms with E-state index in [2.05, 4.69) is 23.2 Å². The molecular formula is C6H16InP. The second-order valence-corrected chi connectivity index (χ2v) is 24.2. The van der Waals surface area contributed by atoms with E-state index < -0.39 is 20.9 Å². The van der Waals surface area contributed by atoms with Crippen LogP contribution in [0.25, 0.3) is 0 Å². The fourth-order valence-corrected chi connectivity index (χ4v) is 15.4. The third kappa shape index (κ3) is 3.35. The number of hydrogen-bond donors (Lipinski definition) is 0.